The lowest BCUT2D eigenvalue weighted by molar-refractivity contribution is 0.422. The maximum Gasteiger partial charge on any atom is 0.0624 e. The Morgan fingerprint density at radius 3 is 2.81 bits per heavy atom. The second-order valence-corrected chi connectivity index (χ2v) is 7.02. The van der Waals surface area contributed by atoms with Crippen LogP contribution < -0.4 is 5.32 Å². The van der Waals surface area contributed by atoms with Gasteiger partial charge in [-0.05, 0) is 69.9 Å². The van der Waals surface area contributed by atoms with Gasteiger partial charge < -0.3 is 5.32 Å². The van der Waals surface area contributed by atoms with E-state index in [4.69, 9.17) is 5.10 Å². The first-order chi connectivity index (χ1) is 10.4. The Labute approximate surface area is 129 Å². The number of rotatable bonds is 9. The number of aromatic nitrogens is 2. The number of nitrogens with one attached hydrogen (secondary N) is 1. The SMILES string of the molecule is CCCNC(CCCc1ccn(C2CCCC2)n1)C1CC1. The molecule has 1 aromatic heterocycles. The van der Waals surface area contributed by atoms with Gasteiger partial charge >= 0.3 is 0 Å². The van der Waals surface area contributed by atoms with Crippen molar-refractivity contribution in [2.45, 2.75) is 83.2 Å². The van der Waals surface area contributed by atoms with E-state index in [2.05, 4.69) is 29.2 Å². The molecule has 21 heavy (non-hydrogen) atoms. The molecule has 118 valence electrons. The molecular formula is C18H31N3. The van der Waals surface area contributed by atoms with Gasteiger partial charge in [-0.15, -0.1) is 0 Å². The van der Waals surface area contributed by atoms with E-state index in [1.165, 1.54) is 70.0 Å². The van der Waals surface area contributed by atoms with Crippen LogP contribution in [0.2, 0.25) is 0 Å². The Morgan fingerprint density at radius 1 is 1.29 bits per heavy atom. The lowest BCUT2D eigenvalue weighted by Gasteiger charge is -2.17. The third-order valence-corrected chi connectivity index (χ3v) is 5.16. The Balaban J connectivity index is 1.41. The summed E-state index contributed by atoms with van der Waals surface area (Å²) in [5, 5.41) is 8.55. The maximum atomic E-state index is 4.81. The van der Waals surface area contributed by atoms with Gasteiger partial charge in [-0.2, -0.15) is 5.10 Å². The van der Waals surface area contributed by atoms with Crippen molar-refractivity contribution < 1.29 is 0 Å². The fraction of sp³-hybridized carbons (Fsp3) is 0.833. The van der Waals surface area contributed by atoms with E-state index in [0.717, 1.165) is 18.4 Å². The minimum Gasteiger partial charge on any atom is -0.314 e. The smallest absolute Gasteiger partial charge is 0.0624 e. The number of hydrogen-bond acceptors (Lipinski definition) is 2. The van der Waals surface area contributed by atoms with Gasteiger partial charge in [0.1, 0.15) is 0 Å². The molecule has 2 aliphatic carbocycles. The average Bonchev–Trinajstić information content (AvgIpc) is 3.02. The first-order valence-corrected chi connectivity index (χ1v) is 9.14. The van der Waals surface area contributed by atoms with Crippen LogP contribution in [-0.4, -0.2) is 22.4 Å². The highest BCUT2D eigenvalue weighted by Gasteiger charge is 2.30. The monoisotopic (exact) mass is 289 g/mol. The Hall–Kier alpha value is -0.830. The molecule has 0 spiro atoms. The molecule has 1 aromatic rings. The predicted octanol–water partition coefficient (Wildman–Crippen LogP) is 4.10. The molecule has 3 rings (SSSR count). The van der Waals surface area contributed by atoms with Gasteiger partial charge in [0.15, 0.2) is 0 Å². The van der Waals surface area contributed by atoms with E-state index < -0.39 is 0 Å². The van der Waals surface area contributed by atoms with Gasteiger partial charge in [-0.3, -0.25) is 4.68 Å². The summed E-state index contributed by atoms with van der Waals surface area (Å²) >= 11 is 0. The van der Waals surface area contributed by atoms with Crippen molar-refractivity contribution in [2.75, 3.05) is 6.54 Å². The molecule has 2 saturated carbocycles. The lowest BCUT2D eigenvalue weighted by Crippen LogP contribution is -2.31. The summed E-state index contributed by atoms with van der Waals surface area (Å²) in [5.41, 5.74) is 1.30. The van der Waals surface area contributed by atoms with Crippen LogP contribution in [0, 0.1) is 5.92 Å². The fourth-order valence-electron chi connectivity index (χ4n) is 3.72. The van der Waals surface area contributed by atoms with Crippen molar-refractivity contribution in [3.8, 4) is 0 Å². The second kappa shape index (κ2) is 7.44. The second-order valence-electron chi connectivity index (χ2n) is 7.02. The molecule has 0 bridgehead atoms. The van der Waals surface area contributed by atoms with Crippen LogP contribution in [0.1, 0.15) is 76.4 Å². The van der Waals surface area contributed by atoms with Crippen molar-refractivity contribution in [3.63, 3.8) is 0 Å². The topological polar surface area (TPSA) is 29.9 Å². The molecule has 1 heterocycles. The molecule has 0 amide bonds. The standard InChI is InChI=1S/C18H31N3/c1-2-13-19-18(15-10-11-15)9-5-6-16-12-14-21(20-16)17-7-3-4-8-17/h12,14-15,17-19H,2-11,13H2,1H3. The van der Waals surface area contributed by atoms with Crippen LogP contribution in [0.5, 0.6) is 0 Å². The van der Waals surface area contributed by atoms with Gasteiger partial charge in [0, 0.05) is 12.2 Å². The first kappa shape index (κ1) is 15.1. The fourth-order valence-corrected chi connectivity index (χ4v) is 3.72. The van der Waals surface area contributed by atoms with Crippen molar-refractivity contribution in [3.05, 3.63) is 18.0 Å². The van der Waals surface area contributed by atoms with E-state index in [1.54, 1.807) is 0 Å². The van der Waals surface area contributed by atoms with Crippen molar-refractivity contribution in [2.24, 2.45) is 5.92 Å². The largest absolute Gasteiger partial charge is 0.314 e. The van der Waals surface area contributed by atoms with E-state index >= 15 is 0 Å². The van der Waals surface area contributed by atoms with E-state index in [1.807, 2.05) is 0 Å². The predicted molar refractivity (Wildman–Crippen MR) is 87.5 cm³/mol. The third kappa shape index (κ3) is 4.32. The van der Waals surface area contributed by atoms with Crippen LogP contribution in [0.15, 0.2) is 12.3 Å². The summed E-state index contributed by atoms with van der Waals surface area (Å²) in [4.78, 5) is 0. The molecule has 3 nitrogen and oxygen atoms in total. The summed E-state index contributed by atoms with van der Waals surface area (Å²) in [7, 11) is 0. The van der Waals surface area contributed by atoms with Crippen LogP contribution in [-0.2, 0) is 6.42 Å². The highest BCUT2D eigenvalue weighted by atomic mass is 15.3. The molecular weight excluding hydrogens is 258 g/mol. The van der Waals surface area contributed by atoms with Gasteiger partial charge in [0.25, 0.3) is 0 Å². The summed E-state index contributed by atoms with van der Waals surface area (Å²) in [6.45, 7) is 3.43. The molecule has 2 fully saturated rings. The first-order valence-electron chi connectivity index (χ1n) is 9.14. The zero-order valence-corrected chi connectivity index (χ0v) is 13.6. The molecule has 0 radical (unpaired) electrons. The molecule has 3 heteroatoms. The summed E-state index contributed by atoms with van der Waals surface area (Å²) in [6, 6.07) is 3.69. The van der Waals surface area contributed by atoms with Crippen molar-refractivity contribution >= 4 is 0 Å². The zero-order valence-electron chi connectivity index (χ0n) is 13.6. The molecule has 2 aliphatic rings. The number of hydrogen-bond donors (Lipinski definition) is 1. The third-order valence-electron chi connectivity index (χ3n) is 5.16. The molecule has 0 aliphatic heterocycles. The molecule has 1 atom stereocenters. The number of aryl methyl sites for hydroxylation is 1. The molecule has 1 unspecified atom stereocenters. The Kier molecular flexibility index (Phi) is 5.34. The highest BCUT2D eigenvalue weighted by Crippen LogP contribution is 2.34. The summed E-state index contributed by atoms with van der Waals surface area (Å²) in [6.07, 6.45) is 15.5. The van der Waals surface area contributed by atoms with Crippen LogP contribution >= 0.6 is 0 Å². The summed E-state index contributed by atoms with van der Waals surface area (Å²) < 4.78 is 2.23. The van der Waals surface area contributed by atoms with Gasteiger partial charge in [-0.25, -0.2) is 0 Å². The highest BCUT2D eigenvalue weighted by molar-refractivity contribution is 5.00. The maximum absolute atomic E-state index is 4.81. The normalized spacial score (nSPS) is 21.0. The van der Waals surface area contributed by atoms with Gasteiger partial charge in [0.2, 0.25) is 0 Å². The van der Waals surface area contributed by atoms with E-state index in [-0.39, 0.29) is 0 Å². The minimum atomic E-state index is 0.684. The van der Waals surface area contributed by atoms with E-state index in [0.29, 0.717) is 6.04 Å². The zero-order chi connectivity index (χ0) is 14.5. The average molecular weight is 289 g/mol. The molecule has 0 aromatic carbocycles. The Morgan fingerprint density at radius 2 is 2.10 bits per heavy atom. The Bertz CT molecular complexity index is 416. The number of nitrogens with zero attached hydrogens (tertiary/aromatic N) is 2. The quantitative estimate of drug-likeness (QED) is 0.742. The van der Waals surface area contributed by atoms with Crippen LogP contribution in [0.3, 0.4) is 0 Å². The molecule has 1 N–H and O–H groups in total. The van der Waals surface area contributed by atoms with Crippen LogP contribution in [0.25, 0.3) is 0 Å². The van der Waals surface area contributed by atoms with Crippen molar-refractivity contribution in [1.82, 2.24) is 15.1 Å². The lowest BCUT2D eigenvalue weighted by atomic mass is 10.0. The van der Waals surface area contributed by atoms with Gasteiger partial charge in [0.05, 0.1) is 11.7 Å². The van der Waals surface area contributed by atoms with Crippen molar-refractivity contribution in [1.29, 1.82) is 0 Å². The summed E-state index contributed by atoms with van der Waals surface area (Å²) in [5.74, 6) is 0.965. The minimum absolute atomic E-state index is 0.684. The molecule has 0 saturated heterocycles. The van der Waals surface area contributed by atoms with Crippen LogP contribution in [0.4, 0.5) is 0 Å². The van der Waals surface area contributed by atoms with Gasteiger partial charge in [-0.1, -0.05) is 19.8 Å². The van der Waals surface area contributed by atoms with E-state index in [9.17, 15) is 0 Å².